The van der Waals surface area contributed by atoms with Gasteiger partial charge in [0.2, 0.25) is 0 Å². The number of benzene rings is 3. The largest absolute Gasteiger partial charge is 0.497 e. The summed E-state index contributed by atoms with van der Waals surface area (Å²) in [5, 5.41) is 5.05. The van der Waals surface area contributed by atoms with Crippen molar-refractivity contribution in [2.24, 2.45) is 0 Å². The van der Waals surface area contributed by atoms with Crippen molar-refractivity contribution in [3.63, 3.8) is 0 Å². The first-order valence-electron chi connectivity index (χ1n) is 8.88. The van der Waals surface area contributed by atoms with Crippen molar-refractivity contribution in [2.45, 2.75) is 13.0 Å². The summed E-state index contributed by atoms with van der Waals surface area (Å²) in [5.74, 6) is 0.878. The molecule has 3 heteroatoms. The van der Waals surface area contributed by atoms with Gasteiger partial charge in [0.1, 0.15) is 5.75 Å². The Kier molecular flexibility index (Phi) is 3.29. The average Bonchev–Trinajstić information content (AvgIpc) is 3.01. The van der Waals surface area contributed by atoms with Crippen molar-refractivity contribution < 1.29 is 4.74 Å². The Morgan fingerprint density at radius 1 is 0.923 bits per heavy atom. The highest BCUT2D eigenvalue weighted by Crippen LogP contribution is 2.43. The Balaban J connectivity index is 1.84. The van der Waals surface area contributed by atoms with Gasteiger partial charge in [-0.05, 0) is 48.4 Å². The third-order valence-electron chi connectivity index (χ3n) is 5.32. The van der Waals surface area contributed by atoms with Gasteiger partial charge in [-0.15, -0.1) is 0 Å². The molecule has 1 aromatic heterocycles. The lowest BCUT2D eigenvalue weighted by Gasteiger charge is -2.31. The summed E-state index contributed by atoms with van der Waals surface area (Å²) in [6.07, 6.45) is 0. The van der Waals surface area contributed by atoms with Crippen molar-refractivity contribution in [3.8, 4) is 11.4 Å². The monoisotopic (exact) mass is 340 g/mol. The Bertz CT molecular complexity index is 1130. The lowest BCUT2D eigenvalue weighted by Crippen LogP contribution is -2.23. The Morgan fingerprint density at radius 2 is 1.73 bits per heavy atom. The van der Waals surface area contributed by atoms with Crippen LogP contribution in [0.2, 0.25) is 0 Å². The fourth-order valence-electron chi connectivity index (χ4n) is 4.10. The van der Waals surface area contributed by atoms with Gasteiger partial charge in [0, 0.05) is 5.39 Å². The van der Waals surface area contributed by atoms with Crippen LogP contribution in [0.5, 0.6) is 5.75 Å². The number of anilines is 1. The van der Waals surface area contributed by atoms with E-state index in [2.05, 4.69) is 83.5 Å². The number of aromatic nitrogens is 1. The van der Waals surface area contributed by atoms with Gasteiger partial charge < -0.3 is 14.6 Å². The minimum atomic E-state index is 0.0763. The van der Waals surface area contributed by atoms with Crippen molar-refractivity contribution >= 4 is 16.6 Å². The number of methoxy groups -OCH3 is 1. The molecule has 1 atom stereocenters. The third-order valence-corrected chi connectivity index (χ3v) is 5.32. The number of nitrogens with zero attached hydrogens (tertiary/aromatic N) is 1. The van der Waals surface area contributed by atoms with Gasteiger partial charge in [-0.2, -0.15) is 0 Å². The van der Waals surface area contributed by atoms with Crippen LogP contribution in [0.25, 0.3) is 16.6 Å². The molecule has 1 aliphatic rings. The molecule has 0 bridgehead atoms. The highest BCUT2D eigenvalue weighted by molar-refractivity contribution is 5.90. The maximum atomic E-state index is 5.46. The zero-order chi connectivity index (χ0) is 17.7. The highest BCUT2D eigenvalue weighted by Gasteiger charge is 2.29. The summed E-state index contributed by atoms with van der Waals surface area (Å²) < 4.78 is 7.86. The standard InChI is InChI=1S/C23H20N2O/c1-15-18-10-3-5-12-20(18)25-21-13-6-4-11-19(21)24-22(23(15)25)16-8-7-9-17(14-16)26-2/h3-14,22,24H,1-2H3. The average molecular weight is 340 g/mol. The predicted molar refractivity (Wildman–Crippen MR) is 106 cm³/mol. The molecule has 1 unspecified atom stereocenters. The topological polar surface area (TPSA) is 26.2 Å². The molecular formula is C23H20N2O. The van der Waals surface area contributed by atoms with E-state index in [0.717, 1.165) is 11.4 Å². The van der Waals surface area contributed by atoms with Crippen LogP contribution in [0.15, 0.2) is 72.8 Å². The smallest absolute Gasteiger partial charge is 0.119 e. The summed E-state index contributed by atoms with van der Waals surface area (Å²) in [7, 11) is 1.71. The maximum absolute atomic E-state index is 5.46. The van der Waals surface area contributed by atoms with Crippen LogP contribution in [0.3, 0.4) is 0 Å². The molecule has 1 aliphatic heterocycles. The SMILES string of the molecule is COc1cccc(C2Nc3ccccc3-n3c2c(C)c2ccccc23)c1. The summed E-state index contributed by atoms with van der Waals surface area (Å²) in [4.78, 5) is 0. The second kappa shape index (κ2) is 5.67. The van der Waals surface area contributed by atoms with Crippen LogP contribution < -0.4 is 10.1 Å². The van der Waals surface area contributed by atoms with Gasteiger partial charge >= 0.3 is 0 Å². The Labute approximate surface area is 152 Å². The molecule has 4 aromatic rings. The van der Waals surface area contributed by atoms with E-state index in [-0.39, 0.29) is 6.04 Å². The number of nitrogens with one attached hydrogen (secondary N) is 1. The first kappa shape index (κ1) is 15.1. The number of aryl methyl sites for hydroxylation is 1. The lowest BCUT2D eigenvalue weighted by molar-refractivity contribution is 0.414. The van der Waals surface area contributed by atoms with Gasteiger partial charge in [-0.3, -0.25) is 0 Å². The second-order valence-corrected chi connectivity index (χ2v) is 6.73. The third kappa shape index (κ3) is 2.07. The van der Waals surface area contributed by atoms with E-state index < -0.39 is 0 Å². The number of fused-ring (bicyclic) bond motifs is 5. The molecular weight excluding hydrogens is 320 g/mol. The fourth-order valence-corrected chi connectivity index (χ4v) is 4.10. The number of hydrogen-bond acceptors (Lipinski definition) is 2. The highest BCUT2D eigenvalue weighted by atomic mass is 16.5. The van der Waals surface area contributed by atoms with Crippen LogP contribution in [0.4, 0.5) is 5.69 Å². The molecule has 0 saturated heterocycles. The molecule has 0 spiro atoms. The summed E-state index contributed by atoms with van der Waals surface area (Å²) >= 11 is 0. The maximum Gasteiger partial charge on any atom is 0.119 e. The summed E-state index contributed by atoms with van der Waals surface area (Å²) in [6, 6.07) is 25.5. The van der Waals surface area contributed by atoms with Gasteiger partial charge in [0.05, 0.1) is 35.7 Å². The molecule has 26 heavy (non-hydrogen) atoms. The molecule has 3 nitrogen and oxygen atoms in total. The van der Waals surface area contributed by atoms with Crippen LogP contribution in [-0.2, 0) is 0 Å². The molecule has 1 N–H and O–H groups in total. The zero-order valence-corrected chi connectivity index (χ0v) is 14.9. The molecule has 2 heterocycles. The van der Waals surface area contributed by atoms with Crippen LogP contribution >= 0.6 is 0 Å². The minimum absolute atomic E-state index is 0.0763. The van der Waals surface area contributed by atoms with Crippen molar-refractivity contribution in [1.29, 1.82) is 0 Å². The number of para-hydroxylation sites is 3. The number of rotatable bonds is 2. The first-order chi connectivity index (χ1) is 12.8. The van der Waals surface area contributed by atoms with Crippen molar-refractivity contribution in [1.82, 2.24) is 4.57 Å². The van der Waals surface area contributed by atoms with Crippen LogP contribution in [0, 0.1) is 6.92 Å². The normalized spacial score (nSPS) is 15.2. The molecule has 5 rings (SSSR count). The van der Waals surface area contributed by atoms with Gasteiger partial charge in [-0.1, -0.05) is 42.5 Å². The second-order valence-electron chi connectivity index (χ2n) is 6.73. The quantitative estimate of drug-likeness (QED) is 0.524. The van der Waals surface area contributed by atoms with E-state index in [1.165, 1.54) is 33.4 Å². The molecule has 0 fully saturated rings. The number of ether oxygens (including phenoxy) is 1. The molecule has 128 valence electrons. The van der Waals surface area contributed by atoms with E-state index in [0.29, 0.717) is 0 Å². The van der Waals surface area contributed by atoms with Crippen LogP contribution in [0.1, 0.15) is 22.9 Å². The van der Waals surface area contributed by atoms with E-state index in [1.54, 1.807) is 7.11 Å². The van der Waals surface area contributed by atoms with Gasteiger partial charge in [-0.25, -0.2) is 0 Å². The van der Waals surface area contributed by atoms with E-state index in [4.69, 9.17) is 4.74 Å². The predicted octanol–water partition coefficient (Wildman–Crippen LogP) is 5.46. The Hall–Kier alpha value is -3.20. The van der Waals surface area contributed by atoms with Crippen LogP contribution in [-0.4, -0.2) is 11.7 Å². The van der Waals surface area contributed by atoms with E-state index in [1.807, 2.05) is 6.07 Å². The number of hydrogen-bond donors (Lipinski definition) is 1. The fraction of sp³-hybridized carbons (Fsp3) is 0.130. The minimum Gasteiger partial charge on any atom is -0.497 e. The molecule has 0 amide bonds. The van der Waals surface area contributed by atoms with Crippen molar-refractivity contribution in [2.75, 3.05) is 12.4 Å². The van der Waals surface area contributed by atoms with E-state index in [9.17, 15) is 0 Å². The Morgan fingerprint density at radius 3 is 2.62 bits per heavy atom. The molecule has 0 radical (unpaired) electrons. The molecule has 0 aliphatic carbocycles. The zero-order valence-electron chi connectivity index (χ0n) is 14.9. The summed E-state index contributed by atoms with van der Waals surface area (Å²) in [6.45, 7) is 2.22. The van der Waals surface area contributed by atoms with Crippen molar-refractivity contribution in [3.05, 3.63) is 89.6 Å². The van der Waals surface area contributed by atoms with E-state index >= 15 is 0 Å². The first-order valence-corrected chi connectivity index (χ1v) is 8.88. The lowest BCUT2D eigenvalue weighted by atomic mass is 9.97. The molecule has 0 saturated carbocycles. The van der Waals surface area contributed by atoms with Gasteiger partial charge in [0.25, 0.3) is 0 Å². The van der Waals surface area contributed by atoms with Gasteiger partial charge in [0.15, 0.2) is 0 Å². The molecule has 3 aromatic carbocycles. The summed E-state index contributed by atoms with van der Waals surface area (Å²) in [5.41, 5.74) is 7.40.